The smallest absolute Gasteiger partial charge is 0.198 e. The monoisotopic (exact) mass is 441 g/mol. The number of benzene rings is 1. The van der Waals surface area contributed by atoms with Crippen molar-refractivity contribution in [2.45, 2.75) is 49.6 Å². The second-order valence-electron chi connectivity index (χ2n) is 8.65. The average molecular weight is 442 g/mol. The molecule has 0 unspecified atom stereocenters. The van der Waals surface area contributed by atoms with Crippen LogP contribution in [0, 0.1) is 5.41 Å². The number of hydrogen-bond donors (Lipinski definition) is 0. The Hall–Kier alpha value is -2.05. The number of halogens is 1. The highest BCUT2D eigenvalue weighted by Crippen LogP contribution is 2.57. The van der Waals surface area contributed by atoms with E-state index in [-0.39, 0.29) is 12.0 Å². The lowest BCUT2D eigenvalue weighted by atomic mass is 9.54. The highest BCUT2D eigenvalue weighted by atomic mass is 35.5. The highest BCUT2D eigenvalue weighted by molar-refractivity contribution is 7.99. The molecule has 0 amide bonds. The van der Waals surface area contributed by atoms with Crippen molar-refractivity contribution in [3.05, 3.63) is 39.5 Å². The number of carbonyl (C=O) groups excluding carboxylic acids is 1. The number of rotatable bonds is 5. The molecule has 1 spiro atoms. The van der Waals surface area contributed by atoms with Crippen LogP contribution in [0.1, 0.15) is 32.1 Å². The third kappa shape index (κ3) is 2.88. The number of carbonyl (C=O) groups is 1. The van der Waals surface area contributed by atoms with Crippen molar-refractivity contribution >= 4 is 57.4 Å². The number of aldehydes is 1. The van der Waals surface area contributed by atoms with Gasteiger partial charge in [0.15, 0.2) is 5.43 Å². The topological polar surface area (TPSA) is 55.2 Å². The number of pyridine rings is 2. The fourth-order valence-electron chi connectivity index (χ4n) is 5.20. The second kappa shape index (κ2) is 7.27. The Bertz CT molecular complexity index is 1230. The summed E-state index contributed by atoms with van der Waals surface area (Å²) in [5.41, 5.74) is 1.73. The average Bonchev–Trinajstić information content (AvgIpc) is 2.68. The van der Waals surface area contributed by atoms with Crippen LogP contribution >= 0.6 is 23.4 Å². The van der Waals surface area contributed by atoms with Crippen LogP contribution in [0.5, 0.6) is 0 Å². The molecule has 2 aromatic heterocycles. The van der Waals surface area contributed by atoms with Gasteiger partial charge in [-0.05, 0) is 61.6 Å². The van der Waals surface area contributed by atoms with Crippen molar-refractivity contribution in [2.75, 3.05) is 18.2 Å². The standard InChI is InChI=1S/C23H24ClN3O2S/c1-26(14-12-23(13-14)8-3-9-23)18-7-5-16-20(29)15-4-6-17(24)21(30-2)19(15)27(10-11-28)22(16)25-18/h4-7,11,14H,3,8-10,12-13H2,1-2H3. The Kier molecular flexibility index (Phi) is 4.82. The molecule has 0 bridgehead atoms. The molecule has 5 nitrogen and oxygen atoms in total. The lowest BCUT2D eigenvalue weighted by Crippen LogP contribution is -2.53. The summed E-state index contributed by atoms with van der Waals surface area (Å²) in [7, 11) is 2.08. The predicted molar refractivity (Wildman–Crippen MR) is 124 cm³/mol. The second-order valence-corrected chi connectivity index (χ2v) is 9.87. The Morgan fingerprint density at radius 3 is 2.63 bits per heavy atom. The summed E-state index contributed by atoms with van der Waals surface area (Å²) in [6, 6.07) is 7.75. The molecule has 5 rings (SSSR count). The number of nitrogens with zero attached hydrogens (tertiary/aromatic N) is 3. The molecule has 2 aliphatic rings. The zero-order chi connectivity index (χ0) is 21.0. The van der Waals surface area contributed by atoms with Crippen LogP contribution in [0.3, 0.4) is 0 Å². The Morgan fingerprint density at radius 2 is 2.00 bits per heavy atom. The normalized spacial score (nSPS) is 17.8. The van der Waals surface area contributed by atoms with E-state index in [1.165, 1.54) is 43.9 Å². The largest absolute Gasteiger partial charge is 0.357 e. The number of thioether (sulfide) groups is 1. The van der Waals surface area contributed by atoms with Crippen molar-refractivity contribution < 1.29 is 4.79 Å². The van der Waals surface area contributed by atoms with Gasteiger partial charge in [0, 0.05) is 18.5 Å². The highest BCUT2D eigenvalue weighted by Gasteiger charge is 2.49. The molecule has 0 radical (unpaired) electrons. The quantitative estimate of drug-likeness (QED) is 0.320. The first-order valence-corrected chi connectivity index (χ1v) is 11.9. The van der Waals surface area contributed by atoms with Gasteiger partial charge in [-0.25, -0.2) is 4.98 Å². The minimum absolute atomic E-state index is 0.0760. The molecule has 1 aromatic carbocycles. The summed E-state index contributed by atoms with van der Waals surface area (Å²) in [6.07, 6.45) is 9.26. The molecule has 0 N–H and O–H groups in total. The lowest BCUT2D eigenvalue weighted by molar-refractivity contribution is -0.108. The van der Waals surface area contributed by atoms with Gasteiger partial charge in [-0.3, -0.25) is 4.79 Å². The first-order valence-electron chi connectivity index (χ1n) is 10.3. The van der Waals surface area contributed by atoms with Crippen LogP contribution in [-0.2, 0) is 11.3 Å². The van der Waals surface area contributed by atoms with E-state index in [4.69, 9.17) is 16.6 Å². The summed E-state index contributed by atoms with van der Waals surface area (Å²) in [6.45, 7) is 0.119. The van der Waals surface area contributed by atoms with E-state index in [0.717, 1.165) is 17.0 Å². The van der Waals surface area contributed by atoms with E-state index in [0.29, 0.717) is 38.4 Å². The van der Waals surface area contributed by atoms with Gasteiger partial charge < -0.3 is 14.3 Å². The fourth-order valence-corrected chi connectivity index (χ4v) is 6.26. The predicted octanol–water partition coefficient (Wildman–Crippen LogP) is 4.89. The van der Waals surface area contributed by atoms with Gasteiger partial charge in [-0.15, -0.1) is 11.8 Å². The van der Waals surface area contributed by atoms with Gasteiger partial charge in [0.25, 0.3) is 0 Å². The molecule has 0 atom stereocenters. The minimum atomic E-state index is -0.0760. The van der Waals surface area contributed by atoms with Crippen LogP contribution < -0.4 is 10.3 Å². The van der Waals surface area contributed by atoms with E-state index < -0.39 is 0 Å². The van der Waals surface area contributed by atoms with E-state index in [2.05, 4.69) is 11.9 Å². The van der Waals surface area contributed by atoms with Gasteiger partial charge >= 0.3 is 0 Å². The summed E-state index contributed by atoms with van der Waals surface area (Å²) < 4.78 is 1.84. The molecular weight excluding hydrogens is 418 g/mol. The van der Waals surface area contributed by atoms with E-state index >= 15 is 0 Å². The Labute approximate surface area is 184 Å². The molecule has 7 heteroatoms. The molecule has 2 aliphatic carbocycles. The zero-order valence-corrected chi connectivity index (χ0v) is 18.7. The number of fused-ring (bicyclic) bond motifs is 2. The van der Waals surface area contributed by atoms with E-state index in [1.54, 1.807) is 12.1 Å². The van der Waals surface area contributed by atoms with E-state index in [1.807, 2.05) is 23.0 Å². The first-order chi connectivity index (χ1) is 14.5. The molecule has 0 aliphatic heterocycles. The van der Waals surface area contributed by atoms with Crippen molar-refractivity contribution in [3.63, 3.8) is 0 Å². The molecular formula is C23H24ClN3O2S. The molecule has 0 saturated heterocycles. The van der Waals surface area contributed by atoms with Crippen LogP contribution in [-0.4, -0.2) is 35.2 Å². The van der Waals surface area contributed by atoms with Gasteiger partial charge in [0.2, 0.25) is 0 Å². The van der Waals surface area contributed by atoms with Gasteiger partial charge in [0.05, 0.1) is 27.4 Å². The van der Waals surface area contributed by atoms with Crippen LogP contribution in [0.4, 0.5) is 5.82 Å². The summed E-state index contributed by atoms with van der Waals surface area (Å²) in [4.78, 5) is 32.7. The third-order valence-corrected chi connectivity index (χ3v) is 8.33. The van der Waals surface area contributed by atoms with Crippen molar-refractivity contribution in [1.29, 1.82) is 0 Å². The summed E-state index contributed by atoms with van der Waals surface area (Å²) in [5, 5.41) is 1.66. The number of aromatic nitrogens is 2. The van der Waals surface area contributed by atoms with Crippen LogP contribution in [0.25, 0.3) is 21.9 Å². The summed E-state index contributed by atoms with van der Waals surface area (Å²) >= 11 is 7.89. The molecule has 3 aromatic rings. The zero-order valence-electron chi connectivity index (χ0n) is 17.2. The third-order valence-electron chi connectivity index (χ3n) is 7.08. The number of anilines is 1. The molecule has 2 heterocycles. The molecule has 30 heavy (non-hydrogen) atoms. The van der Waals surface area contributed by atoms with Gasteiger partial charge in [-0.1, -0.05) is 18.0 Å². The maximum Gasteiger partial charge on any atom is 0.198 e. The van der Waals surface area contributed by atoms with E-state index in [9.17, 15) is 9.59 Å². The molecule has 2 saturated carbocycles. The number of hydrogen-bond acceptors (Lipinski definition) is 5. The maximum atomic E-state index is 13.2. The SMILES string of the molecule is CSc1c(Cl)ccc2c(=O)c3ccc(N(C)C4CC5(CCC5)C4)nc3n(CC=O)c12. The maximum absolute atomic E-state index is 13.2. The lowest BCUT2D eigenvalue weighted by Gasteiger charge is -2.56. The molecule has 156 valence electrons. The minimum Gasteiger partial charge on any atom is -0.357 e. The molecule has 2 fully saturated rings. The fraction of sp³-hybridized carbons (Fsp3) is 0.435. The van der Waals surface area contributed by atoms with Crippen molar-refractivity contribution in [1.82, 2.24) is 9.55 Å². The van der Waals surface area contributed by atoms with Gasteiger partial charge in [0.1, 0.15) is 17.8 Å². The summed E-state index contributed by atoms with van der Waals surface area (Å²) in [5.74, 6) is 0.841. The first kappa shape index (κ1) is 19.9. The Morgan fingerprint density at radius 1 is 1.27 bits per heavy atom. The van der Waals surface area contributed by atoms with Crippen LogP contribution in [0.2, 0.25) is 5.02 Å². The van der Waals surface area contributed by atoms with Gasteiger partial charge in [-0.2, -0.15) is 0 Å². The van der Waals surface area contributed by atoms with Crippen molar-refractivity contribution in [2.24, 2.45) is 5.41 Å². The van der Waals surface area contributed by atoms with Crippen molar-refractivity contribution in [3.8, 4) is 0 Å². The Balaban J connectivity index is 1.68. The van der Waals surface area contributed by atoms with Crippen LogP contribution in [0.15, 0.2) is 34.0 Å².